The Morgan fingerprint density at radius 3 is 2.53 bits per heavy atom. The van der Waals surface area contributed by atoms with Crippen LogP contribution in [0.4, 0.5) is 0 Å². The standard InChI is InChI=1S/C15H16ClN3/c1-8-4-5-11(10(3)9(8)2)14-12(6-17)19-13(7-18)15(14)16/h4-5,19H,6,17H2,1-3H3. The van der Waals surface area contributed by atoms with Gasteiger partial charge in [-0.1, -0.05) is 23.7 Å². The van der Waals surface area contributed by atoms with E-state index in [9.17, 15) is 0 Å². The van der Waals surface area contributed by atoms with E-state index in [1.807, 2.05) is 6.07 Å². The van der Waals surface area contributed by atoms with Crippen molar-refractivity contribution in [2.45, 2.75) is 27.3 Å². The second kappa shape index (κ2) is 5.08. The molecule has 2 rings (SSSR count). The van der Waals surface area contributed by atoms with Gasteiger partial charge in [-0.15, -0.1) is 0 Å². The molecule has 0 unspecified atom stereocenters. The number of aromatic amines is 1. The summed E-state index contributed by atoms with van der Waals surface area (Å²) in [6.07, 6.45) is 0. The average molecular weight is 274 g/mol. The molecule has 0 saturated carbocycles. The lowest BCUT2D eigenvalue weighted by atomic mass is 9.94. The molecular weight excluding hydrogens is 258 g/mol. The maximum atomic E-state index is 9.06. The predicted molar refractivity (Wildman–Crippen MR) is 78.1 cm³/mol. The van der Waals surface area contributed by atoms with E-state index in [4.69, 9.17) is 22.6 Å². The van der Waals surface area contributed by atoms with Crippen LogP contribution in [-0.4, -0.2) is 4.98 Å². The zero-order valence-electron chi connectivity index (χ0n) is 11.3. The number of nitrogens with zero attached hydrogens (tertiary/aromatic N) is 1. The average Bonchev–Trinajstić information content (AvgIpc) is 2.73. The minimum absolute atomic E-state index is 0.323. The van der Waals surface area contributed by atoms with Gasteiger partial charge in [-0.3, -0.25) is 0 Å². The highest BCUT2D eigenvalue weighted by atomic mass is 35.5. The first-order valence-electron chi connectivity index (χ1n) is 6.09. The van der Waals surface area contributed by atoms with Crippen LogP contribution >= 0.6 is 11.6 Å². The minimum atomic E-state index is 0.323. The Bertz CT molecular complexity index is 678. The van der Waals surface area contributed by atoms with Crippen molar-refractivity contribution in [2.24, 2.45) is 5.73 Å². The molecule has 3 N–H and O–H groups in total. The third-order valence-corrected chi connectivity index (χ3v) is 4.04. The van der Waals surface area contributed by atoms with Crippen LogP contribution < -0.4 is 5.73 Å². The fourth-order valence-corrected chi connectivity index (χ4v) is 2.57. The van der Waals surface area contributed by atoms with E-state index in [2.05, 4.69) is 37.9 Å². The summed E-state index contributed by atoms with van der Waals surface area (Å²) in [5.74, 6) is 0. The highest BCUT2D eigenvalue weighted by Gasteiger charge is 2.18. The molecule has 98 valence electrons. The lowest BCUT2D eigenvalue weighted by molar-refractivity contribution is 1.01. The second-order valence-electron chi connectivity index (χ2n) is 4.66. The van der Waals surface area contributed by atoms with E-state index in [1.54, 1.807) is 0 Å². The Balaban J connectivity index is 2.76. The monoisotopic (exact) mass is 273 g/mol. The van der Waals surface area contributed by atoms with Crippen molar-refractivity contribution in [3.63, 3.8) is 0 Å². The molecule has 0 radical (unpaired) electrons. The van der Waals surface area contributed by atoms with Crippen LogP contribution in [0.5, 0.6) is 0 Å². The molecule has 2 aromatic rings. The summed E-state index contributed by atoms with van der Waals surface area (Å²) in [5, 5.41) is 9.51. The SMILES string of the molecule is Cc1ccc(-c2c(CN)[nH]c(C#N)c2Cl)c(C)c1C. The van der Waals surface area contributed by atoms with Gasteiger partial charge in [-0.05, 0) is 43.0 Å². The fourth-order valence-electron chi connectivity index (χ4n) is 2.26. The number of nitriles is 1. The van der Waals surface area contributed by atoms with Gasteiger partial charge in [0.15, 0.2) is 0 Å². The number of benzene rings is 1. The van der Waals surface area contributed by atoms with Gasteiger partial charge in [0.05, 0.1) is 5.02 Å². The molecule has 4 heteroatoms. The van der Waals surface area contributed by atoms with E-state index >= 15 is 0 Å². The summed E-state index contributed by atoms with van der Waals surface area (Å²) in [6.45, 7) is 6.55. The van der Waals surface area contributed by atoms with Crippen molar-refractivity contribution >= 4 is 11.6 Å². The number of aryl methyl sites for hydroxylation is 1. The highest BCUT2D eigenvalue weighted by Crippen LogP contribution is 2.37. The van der Waals surface area contributed by atoms with Crippen molar-refractivity contribution in [3.8, 4) is 17.2 Å². The molecule has 1 aromatic carbocycles. The van der Waals surface area contributed by atoms with E-state index in [0.29, 0.717) is 17.3 Å². The number of rotatable bonds is 2. The van der Waals surface area contributed by atoms with Gasteiger partial charge in [0, 0.05) is 17.8 Å². The third kappa shape index (κ3) is 2.14. The van der Waals surface area contributed by atoms with Crippen LogP contribution in [0.15, 0.2) is 12.1 Å². The lowest BCUT2D eigenvalue weighted by Gasteiger charge is -2.12. The largest absolute Gasteiger partial charge is 0.347 e. The molecule has 0 aliphatic carbocycles. The third-order valence-electron chi connectivity index (χ3n) is 3.66. The maximum absolute atomic E-state index is 9.06. The van der Waals surface area contributed by atoms with Gasteiger partial charge in [0.1, 0.15) is 11.8 Å². The molecule has 0 bridgehead atoms. The predicted octanol–water partition coefficient (Wildman–Crippen LogP) is 3.59. The summed E-state index contributed by atoms with van der Waals surface area (Å²) >= 11 is 6.30. The Morgan fingerprint density at radius 1 is 1.26 bits per heavy atom. The first-order valence-corrected chi connectivity index (χ1v) is 6.46. The van der Waals surface area contributed by atoms with Crippen molar-refractivity contribution < 1.29 is 0 Å². The number of nitrogens with two attached hydrogens (primary N) is 1. The van der Waals surface area contributed by atoms with Crippen LogP contribution in [0.2, 0.25) is 5.02 Å². The minimum Gasteiger partial charge on any atom is -0.347 e. The Morgan fingerprint density at radius 2 is 1.95 bits per heavy atom. The number of H-pyrrole nitrogens is 1. The van der Waals surface area contributed by atoms with Gasteiger partial charge in [0.25, 0.3) is 0 Å². The van der Waals surface area contributed by atoms with Crippen LogP contribution in [0, 0.1) is 32.1 Å². The molecule has 0 spiro atoms. The van der Waals surface area contributed by atoms with Crippen molar-refractivity contribution in [1.82, 2.24) is 4.98 Å². The van der Waals surface area contributed by atoms with Crippen molar-refractivity contribution in [2.75, 3.05) is 0 Å². The molecule has 0 aliphatic heterocycles. The summed E-state index contributed by atoms with van der Waals surface area (Å²) < 4.78 is 0. The smallest absolute Gasteiger partial charge is 0.137 e. The van der Waals surface area contributed by atoms with E-state index in [1.165, 1.54) is 16.7 Å². The van der Waals surface area contributed by atoms with Crippen molar-refractivity contribution in [1.29, 1.82) is 5.26 Å². The number of nitrogens with one attached hydrogen (secondary N) is 1. The zero-order valence-corrected chi connectivity index (χ0v) is 12.0. The molecule has 19 heavy (non-hydrogen) atoms. The molecule has 0 aliphatic rings. The molecule has 0 saturated heterocycles. The van der Waals surface area contributed by atoms with Crippen LogP contribution in [-0.2, 0) is 6.54 Å². The number of aromatic nitrogens is 1. The molecule has 0 fully saturated rings. The zero-order chi connectivity index (χ0) is 14.2. The fraction of sp³-hybridized carbons (Fsp3) is 0.267. The molecule has 1 aromatic heterocycles. The van der Waals surface area contributed by atoms with E-state index in [0.717, 1.165) is 16.8 Å². The molecular formula is C15H16ClN3. The Hall–Kier alpha value is -1.76. The van der Waals surface area contributed by atoms with Gasteiger partial charge in [-0.25, -0.2) is 0 Å². The Kier molecular flexibility index (Phi) is 3.66. The Labute approximate surface area is 118 Å². The quantitative estimate of drug-likeness (QED) is 0.878. The van der Waals surface area contributed by atoms with Gasteiger partial charge in [0.2, 0.25) is 0 Å². The molecule has 0 atom stereocenters. The topological polar surface area (TPSA) is 65.6 Å². The van der Waals surface area contributed by atoms with Gasteiger partial charge >= 0.3 is 0 Å². The highest BCUT2D eigenvalue weighted by molar-refractivity contribution is 6.34. The number of hydrogen-bond donors (Lipinski definition) is 2. The molecule has 3 nitrogen and oxygen atoms in total. The van der Waals surface area contributed by atoms with E-state index in [-0.39, 0.29) is 0 Å². The lowest BCUT2D eigenvalue weighted by Crippen LogP contribution is -2.00. The van der Waals surface area contributed by atoms with Gasteiger partial charge in [-0.2, -0.15) is 5.26 Å². The molecule has 0 amide bonds. The summed E-state index contributed by atoms with van der Waals surface area (Å²) in [7, 11) is 0. The summed E-state index contributed by atoms with van der Waals surface area (Å²) in [4.78, 5) is 2.99. The number of hydrogen-bond acceptors (Lipinski definition) is 2. The van der Waals surface area contributed by atoms with Crippen LogP contribution in [0.3, 0.4) is 0 Å². The first-order chi connectivity index (χ1) is 9.01. The normalized spacial score (nSPS) is 10.5. The van der Waals surface area contributed by atoms with Crippen molar-refractivity contribution in [3.05, 3.63) is 45.2 Å². The summed E-state index contributed by atoms with van der Waals surface area (Å²) in [5.41, 5.74) is 12.4. The van der Waals surface area contributed by atoms with E-state index < -0.39 is 0 Å². The number of halogens is 1. The first kappa shape index (κ1) is 13.7. The van der Waals surface area contributed by atoms with Gasteiger partial charge < -0.3 is 10.7 Å². The van der Waals surface area contributed by atoms with Crippen LogP contribution in [0.1, 0.15) is 28.1 Å². The summed E-state index contributed by atoms with van der Waals surface area (Å²) in [6, 6.07) is 6.16. The van der Waals surface area contributed by atoms with Crippen LogP contribution in [0.25, 0.3) is 11.1 Å². The maximum Gasteiger partial charge on any atom is 0.137 e. The molecule has 1 heterocycles. The second-order valence-corrected chi connectivity index (χ2v) is 5.04.